The van der Waals surface area contributed by atoms with E-state index in [0.717, 1.165) is 11.1 Å². The number of carbonyl (C=O) groups excluding carboxylic acids is 3. The van der Waals surface area contributed by atoms with E-state index in [1.807, 2.05) is 30.3 Å². The first-order valence-corrected chi connectivity index (χ1v) is 11.2. The quantitative estimate of drug-likeness (QED) is 0.243. The molecule has 0 bridgehead atoms. The first-order chi connectivity index (χ1) is 15.9. The number of carboxylic acid groups (broad SMARTS) is 2. The Labute approximate surface area is 250 Å². The van der Waals surface area contributed by atoms with E-state index < -0.39 is 29.9 Å². The summed E-state index contributed by atoms with van der Waals surface area (Å²) in [5, 5.41) is 23.7. The van der Waals surface area contributed by atoms with Gasteiger partial charge in [-0.2, -0.15) is 0 Å². The molecule has 2 aromatic carbocycles. The molecule has 2 aromatic rings. The average molecular weight is 498 g/mol. The molecule has 2 N–H and O–H groups in total. The van der Waals surface area contributed by atoms with Crippen molar-refractivity contribution >= 4 is 23.7 Å². The summed E-state index contributed by atoms with van der Waals surface area (Å²) in [6.07, 6.45) is 2.21. The number of benzene rings is 2. The van der Waals surface area contributed by atoms with Gasteiger partial charge in [0.2, 0.25) is 0 Å². The second kappa shape index (κ2) is 15.7. The van der Waals surface area contributed by atoms with E-state index in [1.165, 1.54) is 9.80 Å². The molecule has 35 heavy (non-hydrogen) atoms. The summed E-state index contributed by atoms with van der Waals surface area (Å²) >= 11 is 0. The van der Waals surface area contributed by atoms with Crippen LogP contribution in [0.2, 0.25) is 0 Å². The van der Waals surface area contributed by atoms with E-state index in [1.54, 1.807) is 24.3 Å². The number of carboxylic acids is 2. The first kappa shape index (κ1) is 31.6. The number of rotatable bonds is 11. The topological polar surface area (TPSA) is 130 Å². The van der Waals surface area contributed by atoms with Crippen LogP contribution in [0.15, 0.2) is 54.6 Å². The molecule has 0 aromatic heterocycles. The Morgan fingerprint density at radius 2 is 1.66 bits per heavy atom. The summed E-state index contributed by atoms with van der Waals surface area (Å²) in [6.45, 7) is 0.634. The van der Waals surface area contributed by atoms with Crippen LogP contribution in [0.1, 0.15) is 30.4 Å². The summed E-state index contributed by atoms with van der Waals surface area (Å²) in [6, 6.07) is 14.8. The Morgan fingerprint density at radius 3 is 2.29 bits per heavy atom. The van der Waals surface area contributed by atoms with Crippen LogP contribution in [0.25, 0.3) is 0 Å². The predicted molar refractivity (Wildman–Crippen MR) is 120 cm³/mol. The minimum atomic E-state index is -1.35. The molecule has 0 saturated heterocycles. The number of urea groups is 1. The molecule has 0 fully saturated rings. The minimum Gasteiger partial charge on any atom is -0.550 e. The number of hydrogen-bond donors (Lipinski definition) is 1. The van der Waals surface area contributed by atoms with Crippen LogP contribution in [-0.4, -0.2) is 48.5 Å². The number of anilines is 1. The summed E-state index contributed by atoms with van der Waals surface area (Å²) in [5.74, 6) is -3.48. The van der Waals surface area contributed by atoms with Gasteiger partial charge in [-0.05, 0) is 49.4 Å². The Bertz CT molecular complexity index is 977. The molecule has 0 aliphatic carbocycles. The van der Waals surface area contributed by atoms with E-state index >= 15 is 0 Å². The number of amides is 2. The monoisotopic (exact) mass is 497 g/mol. The number of para-hydroxylation sites is 1. The predicted octanol–water partition coefficient (Wildman–Crippen LogP) is -5.66. The van der Waals surface area contributed by atoms with Crippen molar-refractivity contribution in [2.45, 2.75) is 38.1 Å². The maximum Gasteiger partial charge on any atom is 1.00 e. The Kier molecular flexibility index (Phi) is 14.2. The van der Waals surface area contributed by atoms with E-state index in [-0.39, 0.29) is 78.6 Å². The van der Waals surface area contributed by atoms with Crippen LogP contribution in [-0.2, 0) is 22.4 Å². The molecule has 2 atom stereocenters. The van der Waals surface area contributed by atoms with Gasteiger partial charge in [0.15, 0.2) is 0 Å². The fraction of sp³-hybridized carbons (Fsp3) is 0.400. The number of aliphatic carboxylic acids is 2. The third-order valence-electron chi connectivity index (χ3n) is 6.01. The Balaban J connectivity index is 0.00000306. The Hall–Kier alpha value is -1.39. The fourth-order valence-electron chi connectivity index (χ4n) is 4.21. The largest absolute Gasteiger partial charge is 1.00 e. The van der Waals surface area contributed by atoms with Crippen LogP contribution < -0.4 is 80.0 Å². The van der Waals surface area contributed by atoms with Crippen molar-refractivity contribution in [1.29, 1.82) is 0 Å². The average Bonchev–Trinajstić information content (AvgIpc) is 3.21. The van der Waals surface area contributed by atoms with Crippen LogP contribution in [0.3, 0.4) is 0 Å². The molecule has 1 aliphatic heterocycles. The van der Waals surface area contributed by atoms with Crippen molar-refractivity contribution in [3.8, 4) is 0 Å². The number of carbonyl (C=O) groups is 3. The van der Waals surface area contributed by atoms with Gasteiger partial charge in [0.05, 0.1) is 12.0 Å². The van der Waals surface area contributed by atoms with Crippen LogP contribution in [0.4, 0.5) is 10.5 Å². The van der Waals surface area contributed by atoms with Gasteiger partial charge in [-0.3, -0.25) is 4.90 Å². The number of unbranched alkanes of at least 4 members (excludes halogenated alkanes) is 1. The first-order valence-electron chi connectivity index (χ1n) is 11.2. The van der Waals surface area contributed by atoms with E-state index in [9.17, 15) is 24.6 Å². The number of nitrogens with zero attached hydrogens (tertiary/aromatic N) is 2. The minimum absolute atomic E-state index is 0. The van der Waals surface area contributed by atoms with Crippen molar-refractivity contribution in [3.63, 3.8) is 0 Å². The standard InChI is InChI=1S/C25H31N3O5.2Na/c26-14-6-7-15-27(17-20(23(29)30)13-12-18-8-2-1-3-9-18)25(33)28-21-11-5-4-10-19(21)16-22(28)24(31)32;;/h1-5,8-11,20,22H,6-7,12-17,26H2,(H,29,30)(H,31,32);;/q;2*+1/p-2/t20-,22?;;/m1../s1. The van der Waals surface area contributed by atoms with Crippen molar-refractivity contribution in [2.24, 2.45) is 11.7 Å². The number of fused-ring (bicyclic) bond motifs is 1. The van der Waals surface area contributed by atoms with Crippen molar-refractivity contribution in [1.82, 2.24) is 4.90 Å². The zero-order valence-electron chi connectivity index (χ0n) is 20.5. The summed E-state index contributed by atoms with van der Waals surface area (Å²) < 4.78 is 0. The van der Waals surface area contributed by atoms with E-state index in [2.05, 4.69) is 0 Å². The zero-order chi connectivity index (χ0) is 23.8. The molecule has 0 radical (unpaired) electrons. The number of aryl methyl sites for hydroxylation is 1. The Morgan fingerprint density at radius 1 is 1.00 bits per heavy atom. The van der Waals surface area contributed by atoms with Gasteiger partial charge < -0.3 is 30.4 Å². The molecule has 1 unspecified atom stereocenters. The molecule has 1 aliphatic rings. The second-order valence-corrected chi connectivity index (χ2v) is 8.30. The zero-order valence-corrected chi connectivity index (χ0v) is 24.5. The molecular formula is C25H29N3Na2O5. The van der Waals surface area contributed by atoms with Gasteiger partial charge in [-0.25, -0.2) is 4.79 Å². The van der Waals surface area contributed by atoms with E-state index in [0.29, 0.717) is 37.9 Å². The fourth-order valence-corrected chi connectivity index (χ4v) is 4.21. The molecule has 3 rings (SSSR count). The summed E-state index contributed by atoms with van der Waals surface area (Å²) in [7, 11) is 0. The summed E-state index contributed by atoms with van der Waals surface area (Å²) in [4.78, 5) is 39.9. The third kappa shape index (κ3) is 8.60. The van der Waals surface area contributed by atoms with Gasteiger partial charge in [-0.1, -0.05) is 48.5 Å². The van der Waals surface area contributed by atoms with Crippen molar-refractivity contribution in [3.05, 3.63) is 65.7 Å². The molecule has 10 heteroatoms. The van der Waals surface area contributed by atoms with Gasteiger partial charge in [0, 0.05) is 37.1 Å². The van der Waals surface area contributed by atoms with Crippen LogP contribution >= 0.6 is 0 Å². The van der Waals surface area contributed by atoms with Crippen molar-refractivity contribution in [2.75, 3.05) is 24.5 Å². The van der Waals surface area contributed by atoms with Gasteiger partial charge in [0.1, 0.15) is 0 Å². The van der Waals surface area contributed by atoms with Gasteiger partial charge >= 0.3 is 65.1 Å². The molecule has 1 heterocycles. The van der Waals surface area contributed by atoms with Gasteiger partial charge in [-0.15, -0.1) is 0 Å². The number of hydrogen-bond acceptors (Lipinski definition) is 6. The second-order valence-electron chi connectivity index (χ2n) is 8.30. The summed E-state index contributed by atoms with van der Waals surface area (Å²) in [5.41, 5.74) is 7.84. The smallest absolute Gasteiger partial charge is 0.550 e. The third-order valence-corrected chi connectivity index (χ3v) is 6.01. The molecule has 0 saturated carbocycles. The van der Waals surface area contributed by atoms with Crippen LogP contribution in [0.5, 0.6) is 0 Å². The maximum atomic E-state index is 13.6. The van der Waals surface area contributed by atoms with E-state index in [4.69, 9.17) is 5.73 Å². The van der Waals surface area contributed by atoms with Gasteiger partial charge in [0.25, 0.3) is 0 Å². The van der Waals surface area contributed by atoms with Crippen molar-refractivity contribution < 1.29 is 83.7 Å². The normalized spacial score (nSPS) is 14.8. The van der Waals surface area contributed by atoms with Crippen LogP contribution in [0, 0.1) is 5.92 Å². The molecule has 2 amide bonds. The number of nitrogens with two attached hydrogens (primary N) is 1. The molecule has 176 valence electrons. The molecule has 0 spiro atoms. The molecule has 8 nitrogen and oxygen atoms in total. The maximum absolute atomic E-state index is 13.6. The molecular weight excluding hydrogens is 468 g/mol. The SMILES string of the molecule is NCCCCN(C[C@@H](CCc1ccccc1)C(=O)[O-])C(=O)N1c2ccccc2CC1C(=O)[O-].[Na+].[Na+].